The van der Waals surface area contributed by atoms with Crippen LogP contribution in [0.1, 0.15) is 60.8 Å². The third kappa shape index (κ3) is 6.20. The maximum Gasteiger partial charge on any atom is 0.319 e. The highest BCUT2D eigenvalue weighted by Crippen LogP contribution is 2.42. The van der Waals surface area contributed by atoms with Crippen LogP contribution in [0.3, 0.4) is 0 Å². The summed E-state index contributed by atoms with van der Waals surface area (Å²) in [6.45, 7) is 5.61. The van der Waals surface area contributed by atoms with Crippen LogP contribution in [0, 0.1) is 11.6 Å². The Balaban J connectivity index is 0.000000987. The predicted octanol–water partition coefficient (Wildman–Crippen LogP) is 6.25. The van der Waals surface area contributed by atoms with E-state index in [1.54, 1.807) is 33.6 Å². The first-order chi connectivity index (χ1) is 26.1. The third-order valence-corrected chi connectivity index (χ3v) is 10.9. The number of halogens is 2. The van der Waals surface area contributed by atoms with Gasteiger partial charge in [0.1, 0.15) is 24.0 Å². The second-order valence-electron chi connectivity index (χ2n) is 15.0. The van der Waals surface area contributed by atoms with Gasteiger partial charge in [0, 0.05) is 18.7 Å². The van der Waals surface area contributed by atoms with Crippen molar-refractivity contribution in [1.82, 2.24) is 39.2 Å². The zero-order valence-corrected chi connectivity index (χ0v) is 31.1. The number of carbonyl (C=O) groups excluding carboxylic acids is 1. The van der Waals surface area contributed by atoms with Gasteiger partial charge in [-0.05, 0) is 119 Å². The van der Waals surface area contributed by atoms with Crippen LogP contribution in [0.15, 0.2) is 42.6 Å². The summed E-state index contributed by atoms with van der Waals surface area (Å²) in [6, 6.07) is 10.3. The molecule has 282 valence electrons. The molecule has 14 heteroatoms. The average Bonchev–Trinajstić information content (AvgIpc) is 3.91. The molecule has 12 nitrogen and oxygen atoms in total. The number of pyridine rings is 1. The number of benzene rings is 2. The molecular formula is C40H45F2N9O3. The zero-order valence-electron chi connectivity index (χ0n) is 31.1. The number of fused-ring (bicyclic) bond motifs is 6. The van der Waals surface area contributed by atoms with Gasteiger partial charge >= 0.3 is 6.01 Å². The lowest BCUT2D eigenvalue weighted by Gasteiger charge is -2.31. The molecule has 0 atom stereocenters. The number of phenolic OH excluding ortho intramolecular Hbond substituents is 1. The van der Waals surface area contributed by atoms with Crippen molar-refractivity contribution >= 4 is 39.3 Å². The maximum absolute atomic E-state index is 15.4. The summed E-state index contributed by atoms with van der Waals surface area (Å²) in [4.78, 5) is 28.1. The van der Waals surface area contributed by atoms with E-state index in [2.05, 4.69) is 10.00 Å². The quantitative estimate of drug-likeness (QED) is 0.189. The van der Waals surface area contributed by atoms with Crippen LogP contribution in [0.4, 0.5) is 14.6 Å². The lowest BCUT2D eigenvalue weighted by Crippen LogP contribution is -2.43. The van der Waals surface area contributed by atoms with E-state index in [4.69, 9.17) is 19.8 Å². The fraction of sp³-hybridized carbons (Fsp3) is 0.425. The molecule has 0 amide bonds. The lowest BCUT2D eigenvalue weighted by atomic mass is 9.94. The normalized spacial score (nSPS) is 16.8. The van der Waals surface area contributed by atoms with Gasteiger partial charge in [-0.1, -0.05) is 13.0 Å². The Morgan fingerprint density at radius 1 is 0.981 bits per heavy atom. The number of aryl methyl sites for hydroxylation is 2. The second kappa shape index (κ2) is 14.2. The molecule has 0 bridgehead atoms. The first-order valence-corrected chi connectivity index (χ1v) is 18.7. The van der Waals surface area contributed by atoms with E-state index < -0.39 is 5.82 Å². The Morgan fingerprint density at radius 2 is 1.76 bits per heavy atom. The second-order valence-corrected chi connectivity index (χ2v) is 15.0. The molecule has 0 aliphatic carbocycles. The van der Waals surface area contributed by atoms with Crippen LogP contribution in [0.5, 0.6) is 11.8 Å². The number of nitrogens with zero attached hydrogens (tertiary/aromatic N) is 9. The molecule has 6 aromatic rings. The molecule has 2 aromatic carbocycles. The van der Waals surface area contributed by atoms with Crippen molar-refractivity contribution in [3.63, 3.8) is 0 Å². The van der Waals surface area contributed by atoms with Gasteiger partial charge in [-0.3, -0.25) is 14.4 Å². The van der Waals surface area contributed by atoms with E-state index in [-0.39, 0.29) is 35.4 Å². The number of aromatic hydroxyl groups is 1. The third-order valence-electron chi connectivity index (χ3n) is 10.9. The summed E-state index contributed by atoms with van der Waals surface area (Å²) in [5, 5.41) is 21.8. The number of carbonyl (C=O) groups is 1. The molecular weight excluding hydrogens is 692 g/mol. The molecule has 0 radical (unpaired) electrons. The lowest BCUT2D eigenvalue weighted by molar-refractivity contribution is 0.108. The largest absolute Gasteiger partial charge is 0.508 e. The minimum Gasteiger partial charge on any atom is -0.508 e. The van der Waals surface area contributed by atoms with Gasteiger partial charge in [0.25, 0.3) is 0 Å². The molecule has 9 rings (SSSR count). The zero-order chi connectivity index (χ0) is 37.7. The van der Waals surface area contributed by atoms with Crippen molar-refractivity contribution in [2.24, 2.45) is 0 Å². The fourth-order valence-corrected chi connectivity index (χ4v) is 8.62. The van der Waals surface area contributed by atoms with Gasteiger partial charge in [0.05, 0.1) is 46.1 Å². The van der Waals surface area contributed by atoms with Crippen molar-refractivity contribution in [1.29, 1.82) is 0 Å². The Bertz CT molecular complexity index is 2380. The van der Waals surface area contributed by atoms with Crippen molar-refractivity contribution in [3.8, 4) is 23.0 Å². The van der Waals surface area contributed by atoms with Crippen LogP contribution < -0.4 is 9.64 Å². The molecule has 3 aliphatic heterocycles. The van der Waals surface area contributed by atoms with Gasteiger partial charge in [0.2, 0.25) is 0 Å². The number of hydrogen-bond acceptors (Lipinski definition) is 10. The Kier molecular flexibility index (Phi) is 9.42. The van der Waals surface area contributed by atoms with Crippen LogP contribution in [0.25, 0.3) is 38.4 Å². The molecule has 7 heterocycles. The van der Waals surface area contributed by atoms with E-state index in [1.807, 2.05) is 50.0 Å². The molecule has 3 aliphatic rings. The monoisotopic (exact) mass is 737 g/mol. The average molecular weight is 738 g/mol. The molecule has 2 saturated heterocycles. The molecule has 1 N–H and O–H groups in total. The number of ether oxygens (including phenoxy) is 1. The molecule has 54 heavy (non-hydrogen) atoms. The van der Waals surface area contributed by atoms with Crippen molar-refractivity contribution in [2.75, 3.05) is 52.3 Å². The van der Waals surface area contributed by atoms with Gasteiger partial charge in [-0.25, -0.2) is 13.3 Å². The minimum absolute atomic E-state index is 0.0381. The highest BCUT2D eigenvalue weighted by Gasteiger charge is 2.45. The molecule has 0 unspecified atom stereocenters. The number of rotatable bonds is 7. The highest BCUT2D eigenvalue weighted by atomic mass is 19.1. The molecule has 2 fully saturated rings. The summed E-state index contributed by atoms with van der Waals surface area (Å²) < 4.78 is 40.5. The number of anilines is 1. The highest BCUT2D eigenvalue weighted by molar-refractivity contribution is 6.06. The van der Waals surface area contributed by atoms with Crippen LogP contribution in [-0.4, -0.2) is 103 Å². The number of phenols is 1. The van der Waals surface area contributed by atoms with Crippen molar-refractivity contribution in [2.45, 2.75) is 64.1 Å². The number of aromatic nitrogens is 6. The maximum atomic E-state index is 15.4. The van der Waals surface area contributed by atoms with E-state index in [0.717, 1.165) is 38.8 Å². The van der Waals surface area contributed by atoms with Gasteiger partial charge in [-0.15, -0.1) is 0 Å². The van der Waals surface area contributed by atoms with Gasteiger partial charge in [-0.2, -0.15) is 20.2 Å². The van der Waals surface area contributed by atoms with Crippen molar-refractivity contribution in [3.05, 3.63) is 71.2 Å². The van der Waals surface area contributed by atoms with Crippen LogP contribution in [-0.2, 0) is 19.5 Å². The Hall–Kier alpha value is -5.21. The summed E-state index contributed by atoms with van der Waals surface area (Å²) in [5.74, 6) is -0.349. The van der Waals surface area contributed by atoms with Crippen molar-refractivity contribution < 1.29 is 23.4 Å². The summed E-state index contributed by atoms with van der Waals surface area (Å²) in [6.07, 6.45) is 7.59. The van der Waals surface area contributed by atoms with Crippen LogP contribution in [0.2, 0.25) is 0 Å². The first-order valence-electron chi connectivity index (χ1n) is 18.7. The van der Waals surface area contributed by atoms with E-state index >= 15 is 8.78 Å². The van der Waals surface area contributed by atoms with Gasteiger partial charge < -0.3 is 19.6 Å². The minimum atomic E-state index is -0.630. The smallest absolute Gasteiger partial charge is 0.319 e. The molecule has 0 spiro atoms. The van der Waals surface area contributed by atoms with E-state index in [9.17, 15) is 9.90 Å². The summed E-state index contributed by atoms with van der Waals surface area (Å²) >= 11 is 0. The van der Waals surface area contributed by atoms with Crippen LogP contribution >= 0.6 is 0 Å². The Labute approximate surface area is 311 Å². The summed E-state index contributed by atoms with van der Waals surface area (Å²) in [5.41, 5.74) is 3.09. The fourth-order valence-electron chi connectivity index (χ4n) is 8.62. The standard InChI is InChI=1S/C37H36F2N8O3.C3H9N/c1-2-24-26(38)7-6-22-16-23(49)17-25(32(22)24)30-18-27-33(29-8-11-40-47(29)30)35(44-12-5-15-46-31(19-44)34(39)28(20-48)43-46)42-36(41-27)50-21-37-9-3-13-45(37)14-4-10-37;1-4(2)3/h6-8,11,16-18,20,49H,2-5,9-10,12-15,19,21H2,1H3;1-3H3. The SMILES string of the molecule is CCc1c(F)ccc2cc(O)cc(-c3cc4nc(OCC56CCCN5CCC6)nc(N5CCCn6nc(C=O)c(F)c6C5)c4c4ccnn34)c12.CN(C)C. The number of aldehydes is 1. The Morgan fingerprint density at radius 3 is 2.50 bits per heavy atom. The molecule has 4 aromatic heterocycles. The van der Waals surface area contributed by atoms with Gasteiger partial charge in [0.15, 0.2) is 17.8 Å². The number of hydrogen-bond donors (Lipinski definition) is 1. The first kappa shape index (κ1) is 35.8. The van der Waals surface area contributed by atoms with E-state index in [0.29, 0.717) is 94.3 Å². The van der Waals surface area contributed by atoms with E-state index in [1.165, 1.54) is 6.07 Å². The molecule has 0 saturated carbocycles. The predicted molar refractivity (Wildman–Crippen MR) is 203 cm³/mol. The topological polar surface area (TPSA) is 117 Å². The summed E-state index contributed by atoms with van der Waals surface area (Å²) in [7, 11) is 6.00.